The lowest BCUT2D eigenvalue weighted by Gasteiger charge is -2.25. The van der Waals surface area contributed by atoms with E-state index >= 15 is 0 Å². The van der Waals surface area contributed by atoms with Gasteiger partial charge in [-0.05, 0) is 59.6 Å². The van der Waals surface area contributed by atoms with E-state index in [-0.39, 0.29) is 11.3 Å². The fraction of sp³-hybridized carbons (Fsp3) is 0.182. The first-order valence-electron chi connectivity index (χ1n) is 9.45. The number of fused-ring (bicyclic) bond motifs is 1. The summed E-state index contributed by atoms with van der Waals surface area (Å²) >= 11 is 4.27. The molecular formula is C22H18N2O4S3. The highest BCUT2D eigenvalue weighted by atomic mass is 32.1. The van der Waals surface area contributed by atoms with Crippen LogP contribution < -0.4 is 9.64 Å². The number of hydrogen-bond acceptors (Lipinski definition) is 9. The topological polar surface area (TPSA) is 82.9 Å². The Bertz CT molecular complexity index is 1310. The molecule has 1 fully saturated rings. The van der Waals surface area contributed by atoms with Crippen molar-refractivity contribution in [1.29, 1.82) is 0 Å². The minimum Gasteiger partial charge on any atom is -0.506 e. The summed E-state index contributed by atoms with van der Waals surface area (Å²) in [5.74, 6) is 0.0987. The van der Waals surface area contributed by atoms with Gasteiger partial charge in [0.05, 0.1) is 33.8 Å². The van der Waals surface area contributed by atoms with Gasteiger partial charge in [-0.1, -0.05) is 11.3 Å². The zero-order valence-corrected chi connectivity index (χ0v) is 19.1. The molecule has 9 heteroatoms. The largest absolute Gasteiger partial charge is 0.506 e. The lowest BCUT2D eigenvalue weighted by molar-refractivity contribution is -0.121. The number of rotatable bonds is 4. The quantitative estimate of drug-likeness (QED) is 0.317. The third-order valence-electron chi connectivity index (χ3n) is 5.21. The second-order valence-corrected chi connectivity index (χ2v) is 10.2. The SMILES string of the molecule is COc1ccc2nc(N3C(O)C(=O)C(=C(O)c4ccc(C)s4)C3c3ccsc3)sc2c1. The van der Waals surface area contributed by atoms with Gasteiger partial charge in [-0.2, -0.15) is 11.3 Å². The van der Waals surface area contributed by atoms with Crippen LogP contribution in [0.15, 0.2) is 52.7 Å². The normalized spacial score (nSPS) is 20.6. The summed E-state index contributed by atoms with van der Waals surface area (Å²) in [7, 11) is 1.60. The molecule has 0 amide bonds. The van der Waals surface area contributed by atoms with Crippen molar-refractivity contribution < 1.29 is 19.7 Å². The van der Waals surface area contributed by atoms with Crippen LogP contribution in [-0.2, 0) is 4.79 Å². The zero-order chi connectivity index (χ0) is 21.7. The summed E-state index contributed by atoms with van der Waals surface area (Å²) in [6.07, 6.45) is -1.44. The van der Waals surface area contributed by atoms with Gasteiger partial charge in [-0.15, -0.1) is 11.3 Å². The van der Waals surface area contributed by atoms with Crippen LogP contribution in [-0.4, -0.2) is 34.3 Å². The Morgan fingerprint density at radius 2 is 2.03 bits per heavy atom. The number of carbonyl (C=O) groups is 1. The molecule has 1 saturated heterocycles. The minimum atomic E-state index is -1.44. The van der Waals surface area contributed by atoms with E-state index in [9.17, 15) is 15.0 Å². The van der Waals surface area contributed by atoms with Gasteiger partial charge in [-0.25, -0.2) is 4.98 Å². The number of carbonyl (C=O) groups excluding carboxylic acids is 1. The summed E-state index contributed by atoms with van der Waals surface area (Å²) in [6.45, 7) is 1.94. The standard InChI is InChI=1S/C22H18N2O4S3/c1-11-3-6-15(30-11)19(25)17-18(12-7-8-29-10-12)24(21(27)20(17)26)22-23-14-5-4-13(28-2)9-16(14)31-22/h3-10,18,21,25,27H,1-2H3. The molecule has 2 atom stereocenters. The van der Waals surface area contributed by atoms with Gasteiger partial charge in [0, 0.05) is 4.88 Å². The molecule has 158 valence electrons. The molecule has 4 heterocycles. The zero-order valence-electron chi connectivity index (χ0n) is 16.6. The van der Waals surface area contributed by atoms with Crippen molar-refractivity contribution in [1.82, 2.24) is 4.98 Å². The van der Waals surface area contributed by atoms with E-state index in [2.05, 4.69) is 4.98 Å². The van der Waals surface area contributed by atoms with Gasteiger partial charge in [0.2, 0.25) is 5.78 Å². The number of aryl methyl sites for hydroxylation is 1. The number of thiazole rings is 1. The highest BCUT2D eigenvalue weighted by molar-refractivity contribution is 7.22. The number of anilines is 1. The van der Waals surface area contributed by atoms with Crippen molar-refractivity contribution in [2.24, 2.45) is 0 Å². The molecule has 0 bridgehead atoms. The van der Waals surface area contributed by atoms with Crippen LogP contribution in [0.4, 0.5) is 5.13 Å². The maximum absolute atomic E-state index is 13.2. The minimum absolute atomic E-state index is 0.0939. The highest BCUT2D eigenvalue weighted by Gasteiger charge is 2.48. The molecule has 2 N–H and O–H groups in total. The Kier molecular flexibility index (Phi) is 5.05. The van der Waals surface area contributed by atoms with Crippen molar-refractivity contribution >= 4 is 60.9 Å². The fourth-order valence-corrected chi connectivity index (χ4v) is 6.27. The summed E-state index contributed by atoms with van der Waals surface area (Å²) < 4.78 is 6.18. The van der Waals surface area contributed by atoms with Crippen molar-refractivity contribution in [2.45, 2.75) is 19.2 Å². The summed E-state index contributed by atoms with van der Waals surface area (Å²) in [6, 6.07) is 10.5. The number of hydrogen-bond donors (Lipinski definition) is 2. The van der Waals surface area contributed by atoms with E-state index in [1.807, 2.05) is 48.0 Å². The number of methoxy groups -OCH3 is 1. The van der Waals surface area contributed by atoms with E-state index in [1.165, 1.54) is 34.0 Å². The maximum atomic E-state index is 13.2. The van der Waals surface area contributed by atoms with Crippen LogP contribution in [0.25, 0.3) is 16.0 Å². The van der Waals surface area contributed by atoms with Crippen LogP contribution in [0.1, 0.15) is 21.4 Å². The number of benzene rings is 1. The number of aliphatic hydroxyl groups is 2. The molecule has 1 aliphatic heterocycles. The van der Waals surface area contributed by atoms with E-state index in [0.29, 0.717) is 15.8 Å². The van der Waals surface area contributed by atoms with Crippen LogP contribution >= 0.6 is 34.0 Å². The number of ketones is 1. The van der Waals surface area contributed by atoms with E-state index in [1.54, 1.807) is 18.1 Å². The summed E-state index contributed by atoms with van der Waals surface area (Å²) in [5.41, 5.74) is 1.76. The first kappa shape index (κ1) is 20.2. The number of thiophene rings is 2. The molecular weight excluding hydrogens is 452 g/mol. The lowest BCUT2D eigenvalue weighted by atomic mass is 9.99. The first-order chi connectivity index (χ1) is 15.0. The molecule has 0 radical (unpaired) electrons. The Balaban J connectivity index is 1.69. The average Bonchev–Trinajstić information content (AvgIpc) is 3.54. The third kappa shape index (κ3) is 3.34. The molecule has 31 heavy (non-hydrogen) atoms. The van der Waals surface area contributed by atoms with Gasteiger partial charge in [0.15, 0.2) is 11.4 Å². The smallest absolute Gasteiger partial charge is 0.214 e. The van der Waals surface area contributed by atoms with Crippen LogP contribution in [0, 0.1) is 6.92 Å². The van der Waals surface area contributed by atoms with Crippen molar-refractivity contribution in [3.63, 3.8) is 0 Å². The molecule has 1 aromatic carbocycles. The van der Waals surface area contributed by atoms with Gasteiger partial charge in [0.25, 0.3) is 0 Å². The first-order valence-corrected chi connectivity index (χ1v) is 12.0. The predicted molar refractivity (Wildman–Crippen MR) is 125 cm³/mol. The number of ether oxygens (including phenoxy) is 1. The van der Waals surface area contributed by atoms with Gasteiger partial charge in [0.1, 0.15) is 11.5 Å². The van der Waals surface area contributed by atoms with Crippen LogP contribution in [0.3, 0.4) is 0 Å². The van der Waals surface area contributed by atoms with Crippen molar-refractivity contribution in [2.75, 3.05) is 12.0 Å². The monoisotopic (exact) mass is 470 g/mol. The molecule has 6 nitrogen and oxygen atoms in total. The van der Waals surface area contributed by atoms with Crippen LogP contribution in [0.5, 0.6) is 5.75 Å². The van der Waals surface area contributed by atoms with E-state index in [4.69, 9.17) is 4.74 Å². The molecule has 3 aromatic heterocycles. The molecule has 0 aliphatic carbocycles. The second kappa shape index (κ2) is 7.76. The number of aliphatic hydroxyl groups excluding tert-OH is 2. The molecule has 1 aliphatic rings. The Hall–Kier alpha value is -2.72. The molecule has 2 unspecified atom stereocenters. The predicted octanol–water partition coefficient (Wildman–Crippen LogP) is 5.15. The number of Topliss-reactive ketones (excluding diaryl/α,β-unsaturated/α-hetero) is 1. The van der Waals surface area contributed by atoms with Gasteiger partial charge in [-0.3, -0.25) is 4.79 Å². The Labute approximate surface area is 190 Å². The second-order valence-electron chi connectivity index (χ2n) is 7.11. The number of nitrogens with zero attached hydrogens (tertiary/aromatic N) is 2. The number of aromatic nitrogens is 1. The van der Waals surface area contributed by atoms with Gasteiger partial charge < -0.3 is 19.8 Å². The van der Waals surface area contributed by atoms with Crippen LogP contribution in [0.2, 0.25) is 0 Å². The lowest BCUT2D eigenvalue weighted by Crippen LogP contribution is -2.33. The van der Waals surface area contributed by atoms with Crippen molar-refractivity contribution in [3.8, 4) is 5.75 Å². The third-order valence-corrected chi connectivity index (χ3v) is 7.95. The molecule has 0 saturated carbocycles. The summed E-state index contributed by atoms with van der Waals surface area (Å²) in [5, 5.41) is 26.4. The Morgan fingerprint density at radius 1 is 1.19 bits per heavy atom. The van der Waals surface area contributed by atoms with Crippen molar-refractivity contribution in [3.05, 3.63) is 68.0 Å². The molecule has 5 rings (SSSR count). The van der Waals surface area contributed by atoms with E-state index in [0.717, 1.165) is 20.7 Å². The van der Waals surface area contributed by atoms with Gasteiger partial charge >= 0.3 is 0 Å². The Morgan fingerprint density at radius 3 is 2.71 bits per heavy atom. The summed E-state index contributed by atoms with van der Waals surface area (Å²) in [4.78, 5) is 21.1. The molecule has 4 aromatic rings. The molecule has 0 spiro atoms. The van der Waals surface area contributed by atoms with E-state index < -0.39 is 18.1 Å². The maximum Gasteiger partial charge on any atom is 0.214 e. The fourth-order valence-electron chi connectivity index (χ4n) is 3.72. The highest BCUT2D eigenvalue weighted by Crippen LogP contribution is 2.46. The average molecular weight is 471 g/mol.